The molecule has 0 saturated carbocycles. The third-order valence-electron chi connectivity index (χ3n) is 8.99. The lowest BCUT2D eigenvalue weighted by molar-refractivity contribution is 0.298. The molecule has 306 valence electrons. The first-order valence-corrected chi connectivity index (χ1v) is 19.6. The van der Waals surface area contributed by atoms with Crippen LogP contribution in [-0.4, -0.2) is 76.2 Å². The van der Waals surface area contributed by atoms with Crippen molar-refractivity contribution in [2.75, 3.05) is 52.6 Å². The third kappa shape index (κ3) is 16.8. The average molecular weight is 773 g/mol. The van der Waals surface area contributed by atoms with Crippen LogP contribution in [0.15, 0.2) is 80.6 Å². The molecule has 3 aromatic rings. The quantitative estimate of drug-likeness (QED) is 0.0342. The SMILES string of the molecule is CCC(C)C(N)=NCCCOc1cc(OCCCN=C(N)N)cc(-c2cccc(-c3cc(OCCCN=C(N)N)cc(OCCCN=C(N)C(C)CC)c3)c2)c1. The van der Waals surface area contributed by atoms with Gasteiger partial charge in [0, 0.05) is 75.8 Å². The van der Waals surface area contributed by atoms with Gasteiger partial charge < -0.3 is 53.3 Å². The number of hydrogen-bond donors (Lipinski definition) is 6. The molecule has 0 saturated heterocycles. The molecule has 0 fully saturated rings. The number of amidine groups is 2. The van der Waals surface area contributed by atoms with Gasteiger partial charge in [-0.1, -0.05) is 45.9 Å². The minimum absolute atomic E-state index is 0.0595. The maximum Gasteiger partial charge on any atom is 0.185 e. The van der Waals surface area contributed by atoms with Gasteiger partial charge in [-0.05, 0) is 65.4 Å². The molecule has 0 radical (unpaired) electrons. The number of nitrogens with two attached hydrogens (primary N) is 6. The van der Waals surface area contributed by atoms with Crippen molar-refractivity contribution in [3.05, 3.63) is 60.7 Å². The molecule has 2 unspecified atom stereocenters. The molecular weight excluding hydrogens is 709 g/mol. The summed E-state index contributed by atoms with van der Waals surface area (Å²) < 4.78 is 24.7. The summed E-state index contributed by atoms with van der Waals surface area (Å²) in [6.45, 7) is 12.3. The van der Waals surface area contributed by atoms with Gasteiger partial charge in [0.1, 0.15) is 23.0 Å². The Morgan fingerprint density at radius 2 is 0.786 bits per heavy atom. The zero-order valence-corrected chi connectivity index (χ0v) is 33.7. The van der Waals surface area contributed by atoms with E-state index in [1.54, 1.807) is 0 Å². The molecule has 0 aromatic heterocycles. The summed E-state index contributed by atoms with van der Waals surface area (Å²) in [6.07, 6.45) is 4.66. The minimum atomic E-state index is 0.0595. The van der Waals surface area contributed by atoms with Gasteiger partial charge >= 0.3 is 0 Å². The fourth-order valence-corrected chi connectivity index (χ4v) is 5.27. The van der Waals surface area contributed by atoms with Gasteiger partial charge in [-0.15, -0.1) is 0 Å². The van der Waals surface area contributed by atoms with Crippen LogP contribution in [0.4, 0.5) is 0 Å². The molecule has 12 N–H and O–H groups in total. The molecule has 0 spiro atoms. The molecule has 56 heavy (non-hydrogen) atoms. The number of hydrogen-bond acceptors (Lipinski definition) is 8. The molecule has 0 aliphatic carbocycles. The predicted octanol–water partition coefficient (Wildman–Crippen LogP) is 5.45. The summed E-state index contributed by atoms with van der Waals surface area (Å²) in [5, 5.41) is 0. The van der Waals surface area contributed by atoms with Gasteiger partial charge in [0.05, 0.1) is 38.1 Å². The number of rotatable bonds is 26. The number of aliphatic imine (C=N–C) groups is 4. The van der Waals surface area contributed by atoms with Crippen molar-refractivity contribution >= 4 is 23.6 Å². The van der Waals surface area contributed by atoms with Crippen LogP contribution >= 0.6 is 0 Å². The zero-order chi connectivity index (χ0) is 40.7. The highest BCUT2D eigenvalue weighted by molar-refractivity contribution is 5.83. The fraction of sp³-hybridized carbons (Fsp3) is 0.476. The summed E-state index contributed by atoms with van der Waals surface area (Å²) in [4.78, 5) is 17.1. The van der Waals surface area contributed by atoms with E-state index in [1.807, 2.05) is 42.5 Å². The first kappa shape index (κ1) is 44.7. The predicted molar refractivity (Wildman–Crippen MR) is 231 cm³/mol. The van der Waals surface area contributed by atoms with E-state index < -0.39 is 0 Å². The van der Waals surface area contributed by atoms with E-state index in [9.17, 15) is 0 Å². The molecule has 0 bridgehead atoms. The van der Waals surface area contributed by atoms with Gasteiger partial charge in [-0.2, -0.15) is 0 Å². The van der Waals surface area contributed by atoms with Crippen LogP contribution < -0.4 is 53.3 Å². The van der Waals surface area contributed by atoms with E-state index in [0.717, 1.165) is 47.9 Å². The van der Waals surface area contributed by atoms with Crippen LogP contribution in [0.5, 0.6) is 23.0 Å². The van der Waals surface area contributed by atoms with Crippen molar-refractivity contribution in [1.29, 1.82) is 0 Å². The van der Waals surface area contributed by atoms with Gasteiger partial charge in [-0.25, -0.2) is 0 Å². The Morgan fingerprint density at radius 1 is 0.464 bits per heavy atom. The number of ether oxygens (including phenoxy) is 4. The topological polar surface area (TPSA) is 242 Å². The maximum atomic E-state index is 6.22. The van der Waals surface area contributed by atoms with Gasteiger partial charge in [0.2, 0.25) is 0 Å². The summed E-state index contributed by atoms with van der Waals surface area (Å²) in [7, 11) is 0. The van der Waals surface area contributed by atoms with Crippen molar-refractivity contribution < 1.29 is 18.9 Å². The smallest absolute Gasteiger partial charge is 0.185 e. The molecule has 0 amide bonds. The Balaban J connectivity index is 1.86. The van der Waals surface area contributed by atoms with E-state index in [-0.39, 0.29) is 23.8 Å². The molecule has 0 heterocycles. The van der Waals surface area contributed by atoms with E-state index >= 15 is 0 Å². The molecular formula is C42H64N10O4. The second kappa shape index (κ2) is 24.7. The van der Waals surface area contributed by atoms with E-state index in [4.69, 9.17) is 53.3 Å². The number of nitrogens with zero attached hydrogens (tertiary/aromatic N) is 4. The van der Waals surface area contributed by atoms with Gasteiger partial charge in [-0.3, -0.25) is 20.0 Å². The van der Waals surface area contributed by atoms with Crippen LogP contribution in [0.1, 0.15) is 66.2 Å². The minimum Gasteiger partial charge on any atom is -0.493 e. The molecule has 0 aliphatic rings. The van der Waals surface area contributed by atoms with Crippen molar-refractivity contribution in [1.82, 2.24) is 0 Å². The van der Waals surface area contributed by atoms with Crippen LogP contribution in [-0.2, 0) is 0 Å². The van der Waals surface area contributed by atoms with E-state index in [1.165, 1.54) is 0 Å². The summed E-state index contributed by atoms with van der Waals surface area (Å²) in [5.41, 5.74) is 38.0. The molecule has 3 aromatic carbocycles. The monoisotopic (exact) mass is 773 g/mol. The van der Waals surface area contributed by atoms with Crippen molar-refractivity contribution in [2.45, 2.75) is 66.2 Å². The largest absolute Gasteiger partial charge is 0.493 e. The molecule has 2 atom stereocenters. The first-order valence-electron chi connectivity index (χ1n) is 19.6. The standard InChI is InChI=1S/C42H64N10O4/c1-5-29(3)39(43)49-14-8-18-53-35-23-33(25-37(27-35)55-20-10-16-51-41(45)46)31-12-7-13-32(22-31)34-24-36(54-19-9-15-50-40(44)30(4)6-2)28-38(26-34)56-21-11-17-52-42(47)48/h7,12-13,22-30H,5-6,8-11,14-21H2,1-4H3,(H2,43,49)(H2,44,50)(H4,45,46,51)(H4,47,48,52). The fourth-order valence-electron chi connectivity index (χ4n) is 5.27. The lowest BCUT2D eigenvalue weighted by atomic mass is 9.98. The van der Waals surface area contributed by atoms with Gasteiger partial charge in [0.15, 0.2) is 11.9 Å². The van der Waals surface area contributed by atoms with Crippen molar-refractivity contribution in [3.8, 4) is 45.3 Å². The summed E-state index contributed by atoms with van der Waals surface area (Å²) in [6, 6.07) is 20.1. The Kier molecular flexibility index (Phi) is 19.7. The highest BCUT2D eigenvalue weighted by atomic mass is 16.5. The second-order valence-corrected chi connectivity index (χ2v) is 13.6. The number of benzene rings is 3. The molecule has 14 nitrogen and oxygen atoms in total. The molecule has 14 heteroatoms. The first-order chi connectivity index (χ1) is 27.0. The maximum absolute atomic E-state index is 6.22. The Hall–Kier alpha value is -5.66. The Bertz CT molecular complexity index is 1630. The third-order valence-corrected chi connectivity index (χ3v) is 8.99. The zero-order valence-electron chi connectivity index (χ0n) is 33.7. The van der Waals surface area contributed by atoms with Crippen LogP contribution in [0, 0.1) is 11.8 Å². The molecule has 3 rings (SSSR count). The normalized spacial score (nSPS) is 12.7. The highest BCUT2D eigenvalue weighted by Crippen LogP contribution is 2.35. The Morgan fingerprint density at radius 3 is 1.09 bits per heavy atom. The number of guanidine groups is 2. The van der Waals surface area contributed by atoms with Crippen LogP contribution in [0.3, 0.4) is 0 Å². The lowest BCUT2D eigenvalue weighted by Gasteiger charge is -2.15. The van der Waals surface area contributed by atoms with E-state index in [0.29, 0.717) is 100 Å². The highest BCUT2D eigenvalue weighted by Gasteiger charge is 2.11. The second-order valence-electron chi connectivity index (χ2n) is 13.6. The van der Waals surface area contributed by atoms with E-state index in [2.05, 4.69) is 65.9 Å². The summed E-state index contributed by atoms with van der Waals surface area (Å²) >= 11 is 0. The van der Waals surface area contributed by atoms with Crippen LogP contribution in [0.25, 0.3) is 22.3 Å². The molecule has 0 aliphatic heterocycles. The van der Waals surface area contributed by atoms with Crippen molar-refractivity contribution in [2.24, 2.45) is 66.2 Å². The summed E-state index contributed by atoms with van der Waals surface area (Å²) in [5.74, 6) is 4.72. The Labute approximate surface area is 332 Å². The lowest BCUT2D eigenvalue weighted by Crippen LogP contribution is -2.23. The average Bonchev–Trinajstić information content (AvgIpc) is 3.19. The van der Waals surface area contributed by atoms with Crippen LogP contribution in [0.2, 0.25) is 0 Å². The van der Waals surface area contributed by atoms with Gasteiger partial charge in [0.25, 0.3) is 0 Å². The van der Waals surface area contributed by atoms with Crippen molar-refractivity contribution in [3.63, 3.8) is 0 Å².